The van der Waals surface area contributed by atoms with Crippen LogP contribution in [0.3, 0.4) is 0 Å². The first kappa shape index (κ1) is 18.3. The number of nitriles is 1. The van der Waals surface area contributed by atoms with Crippen molar-refractivity contribution in [1.82, 2.24) is 9.21 Å². The van der Waals surface area contributed by atoms with Crippen molar-refractivity contribution >= 4 is 21.6 Å². The number of nitrogens with zero attached hydrogens (tertiary/aromatic N) is 5. The van der Waals surface area contributed by atoms with Crippen molar-refractivity contribution in [3.63, 3.8) is 0 Å². The van der Waals surface area contributed by atoms with Crippen LogP contribution in [0.25, 0.3) is 0 Å². The molecule has 0 N–H and O–H groups in total. The molecule has 2 atom stereocenters. The van der Waals surface area contributed by atoms with Gasteiger partial charge >= 0.3 is 10.2 Å². The summed E-state index contributed by atoms with van der Waals surface area (Å²) in [5.74, 6) is 0. The van der Waals surface area contributed by atoms with E-state index in [0.29, 0.717) is 38.3 Å². The molecule has 8 nitrogen and oxygen atoms in total. The second-order valence-corrected chi connectivity index (χ2v) is 9.10. The minimum atomic E-state index is -3.56. The van der Waals surface area contributed by atoms with E-state index in [2.05, 4.69) is 11.1 Å². The van der Waals surface area contributed by atoms with Gasteiger partial charge in [0.2, 0.25) is 0 Å². The van der Waals surface area contributed by atoms with Gasteiger partial charge in [0.15, 0.2) is 6.19 Å². The van der Waals surface area contributed by atoms with E-state index in [1.165, 1.54) is 4.31 Å². The highest BCUT2D eigenvalue weighted by molar-refractivity contribution is 7.90. The predicted molar refractivity (Wildman–Crippen MR) is 103 cm³/mol. The van der Waals surface area contributed by atoms with Crippen LogP contribution in [-0.2, 0) is 14.9 Å². The zero-order valence-corrected chi connectivity index (χ0v) is 16.3. The molecule has 0 radical (unpaired) electrons. The SMILES string of the molecule is COC1CCN(c2cccc(N3CCN(C4CCN(C#N)C4)S3(=O)=O)c2)C1. The average Bonchev–Trinajstić information content (AvgIpc) is 3.39. The van der Waals surface area contributed by atoms with Crippen LogP contribution in [0.2, 0.25) is 0 Å². The molecule has 3 saturated heterocycles. The van der Waals surface area contributed by atoms with Gasteiger partial charge in [-0.15, -0.1) is 0 Å². The summed E-state index contributed by atoms with van der Waals surface area (Å²) in [5, 5.41) is 9.04. The standard InChI is InChI=1S/C18H25N5O3S/c1-26-18-6-8-21(13-18)15-3-2-4-16(11-15)22-9-10-23(27(22,24)25)17-5-7-20(12-17)14-19/h2-4,11,17-18H,5-10,12-13H2,1H3. The highest BCUT2D eigenvalue weighted by Crippen LogP contribution is 2.32. The molecule has 3 heterocycles. The molecule has 146 valence electrons. The molecule has 0 amide bonds. The lowest BCUT2D eigenvalue weighted by Gasteiger charge is -2.25. The normalized spacial score (nSPS) is 28.1. The smallest absolute Gasteiger partial charge is 0.304 e. The zero-order valence-electron chi connectivity index (χ0n) is 15.5. The fraction of sp³-hybridized carbons (Fsp3) is 0.611. The van der Waals surface area contributed by atoms with Gasteiger partial charge in [-0.2, -0.15) is 18.0 Å². The molecule has 1 aromatic carbocycles. The van der Waals surface area contributed by atoms with E-state index in [9.17, 15) is 8.42 Å². The Kier molecular flexibility index (Phi) is 4.88. The Balaban J connectivity index is 1.53. The Hall–Kier alpha value is -2.02. The van der Waals surface area contributed by atoms with Crippen LogP contribution in [-0.4, -0.2) is 76.1 Å². The molecule has 3 aliphatic rings. The van der Waals surface area contributed by atoms with Gasteiger partial charge in [-0.1, -0.05) is 6.07 Å². The van der Waals surface area contributed by atoms with Gasteiger partial charge in [0.1, 0.15) is 0 Å². The molecule has 0 saturated carbocycles. The Labute approximate surface area is 160 Å². The third kappa shape index (κ3) is 3.33. The Morgan fingerprint density at radius 1 is 1.11 bits per heavy atom. The van der Waals surface area contributed by atoms with E-state index in [4.69, 9.17) is 10.00 Å². The number of hydrogen-bond donors (Lipinski definition) is 0. The van der Waals surface area contributed by atoms with E-state index in [-0.39, 0.29) is 12.1 Å². The molecule has 2 unspecified atom stereocenters. The molecule has 0 aromatic heterocycles. The highest BCUT2D eigenvalue weighted by Gasteiger charge is 2.43. The second kappa shape index (κ2) is 7.19. The molecule has 0 bridgehead atoms. The van der Waals surface area contributed by atoms with Gasteiger partial charge in [0, 0.05) is 58.1 Å². The van der Waals surface area contributed by atoms with Gasteiger partial charge in [-0.05, 0) is 31.0 Å². The fourth-order valence-electron chi connectivity index (χ4n) is 4.25. The van der Waals surface area contributed by atoms with Crippen molar-refractivity contribution in [3.8, 4) is 6.19 Å². The molecule has 9 heteroatoms. The third-order valence-electron chi connectivity index (χ3n) is 5.77. The fourth-order valence-corrected chi connectivity index (χ4v) is 6.05. The lowest BCUT2D eigenvalue weighted by molar-refractivity contribution is 0.121. The van der Waals surface area contributed by atoms with Gasteiger partial charge in [-0.3, -0.25) is 4.31 Å². The van der Waals surface area contributed by atoms with E-state index < -0.39 is 10.2 Å². The number of ether oxygens (including phenoxy) is 1. The van der Waals surface area contributed by atoms with Gasteiger partial charge < -0.3 is 14.5 Å². The minimum absolute atomic E-state index is 0.121. The van der Waals surface area contributed by atoms with Crippen molar-refractivity contribution in [2.24, 2.45) is 0 Å². The van der Waals surface area contributed by atoms with E-state index >= 15 is 0 Å². The molecule has 4 rings (SSSR count). The molecule has 0 spiro atoms. The summed E-state index contributed by atoms with van der Waals surface area (Å²) < 4.78 is 34.7. The second-order valence-electron chi connectivity index (χ2n) is 7.29. The van der Waals surface area contributed by atoms with Crippen molar-refractivity contribution in [2.45, 2.75) is 25.0 Å². The van der Waals surface area contributed by atoms with Gasteiger partial charge in [-0.25, -0.2) is 0 Å². The quantitative estimate of drug-likeness (QED) is 0.708. The number of likely N-dealkylation sites (tertiary alicyclic amines) is 1. The summed E-state index contributed by atoms with van der Waals surface area (Å²) in [6, 6.07) is 7.61. The van der Waals surface area contributed by atoms with Gasteiger partial charge in [0.05, 0.1) is 11.8 Å². The first-order chi connectivity index (χ1) is 13.0. The van der Waals surface area contributed by atoms with Crippen molar-refractivity contribution in [3.05, 3.63) is 24.3 Å². The maximum Gasteiger partial charge on any atom is 0.304 e. The van der Waals surface area contributed by atoms with Crippen LogP contribution in [0.5, 0.6) is 0 Å². The van der Waals surface area contributed by atoms with Crippen LogP contribution in [0.4, 0.5) is 11.4 Å². The first-order valence-corrected chi connectivity index (χ1v) is 10.7. The minimum Gasteiger partial charge on any atom is -0.380 e. The van der Waals surface area contributed by atoms with E-state index in [1.54, 1.807) is 16.3 Å². The topological polar surface area (TPSA) is 80.1 Å². The molecular weight excluding hydrogens is 366 g/mol. The van der Waals surface area contributed by atoms with E-state index in [1.807, 2.05) is 24.3 Å². The highest BCUT2D eigenvalue weighted by atomic mass is 32.2. The van der Waals surface area contributed by atoms with Crippen LogP contribution in [0, 0.1) is 11.5 Å². The number of hydrogen-bond acceptors (Lipinski definition) is 6. The maximum absolute atomic E-state index is 13.1. The van der Waals surface area contributed by atoms with Crippen molar-refractivity contribution in [1.29, 1.82) is 5.26 Å². The molecular formula is C18H25N5O3S. The van der Waals surface area contributed by atoms with Crippen LogP contribution >= 0.6 is 0 Å². The Morgan fingerprint density at radius 2 is 1.93 bits per heavy atom. The maximum atomic E-state index is 13.1. The van der Waals surface area contributed by atoms with Crippen LogP contribution < -0.4 is 9.21 Å². The molecule has 1 aromatic rings. The van der Waals surface area contributed by atoms with Crippen LogP contribution in [0.15, 0.2) is 24.3 Å². The van der Waals surface area contributed by atoms with Crippen molar-refractivity contribution < 1.29 is 13.2 Å². The first-order valence-electron chi connectivity index (χ1n) is 9.35. The predicted octanol–water partition coefficient (Wildman–Crippen LogP) is 0.834. The average molecular weight is 391 g/mol. The molecule has 0 aliphatic carbocycles. The summed E-state index contributed by atoms with van der Waals surface area (Å²) in [4.78, 5) is 3.86. The lowest BCUT2D eigenvalue weighted by atomic mass is 10.2. The molecule has 3 aliphatic heterocycles. The third-order valence-corrected chi connectivity index (χ3v) is 7.80. The molecule has 3 fully saturated rings. The summed E-state index contributed by atoms with van der Waals surface area (Å²) >= 11 is 0. The summed E-state index contributed by atoms with van der Waals surface area (Å²) in [7, 11) is -1.84. The Morgan fingerprint density at radius 3 is 2.63 bits per heavy atom. The number of methoxy groups -OCH3 is 1. The van der Waals surface area contributed by atoms with Crippen LogP contribution in [0.1, 0.15) is 12.8 Å². The largest absolute Gasteiger partial charge is 0.380 e. The summed E-state index contributed by atoms with van der Waals surface area (Å²) in [5.41, 5.74) is 1.73. The van der Waals surface area contributed by atoms with Crippen molar-refractivity contribution in [2.75, 3.05) is 55.6 Å². The lowest BCUT2D eigenvalue weighted by Crippen LogP contribution is -2.41. The Bertz CT molecular complexity index is 840. The number of benzene rings is 1. The van der Waals surface area contributed by atoms with E-state index in [0.717, 1.165) is 25.2 Å². The number of rotatable bonds is 4. The molecule has 27 heavy (non-hydrogen) atoms. The number of anilines is 2. The monoisotopic (exact) mass is 391 g/mol. The van der Waals surface area contributed by atoms with Gasteiger partial charge in [0.25, 0.3) is 0 Å². The zero-order chi connectivity index (χ0) is 19.0. The summed E-state index contributed by atoms with van der Waals surface area (Å²) in [6.07, 6.45) is 4.03. The summed E-state index contributed by atoms with van der Waals surface area (Å²) in [6.45, 7) is 3.74.